The number of amides is 1. The highest BCUT2D eigenvalue weighted by atomic mass is 79.9. The fourth-order valence-corrected chi connectivity index (χ4v) is 1.97. The Kier molecular flexibility index (Phi) is 6.56. The Labute approximate surface area is 124 Å². The van der Waals surface area contributed by atoms with Crippen molar-refractivity contribution in [3.63, 3.8) is 0 Å². The van der Waals surface area contributed by atoms with Crippen LogP contribution in [0.4, 0.5) is 5.69 Å². The second-order valence-electron chi connectivity index (χ2n) is 4.26. The number of nitro benzene ring substituents is 1. The van der Waals surface area contributed by atoms with Gasteiger partial charge in [-0.2, -0.15) is 0 Å². The first-order valence-electron chi connectivity index (χ1n) is 6.02. The zero-order chi connectivity index (χ0) is 15.1. The molecule has 0 aliphatic rings. The van der Waals surface area contributed by atoms with E-state index in [4.69, 9.17) is 5.11 Å². The van der Waals surface area contributed by atoms with Gasteiger partial charge in [-0.25, -0.2) is 0 Å². The van der Waals surface area contributed by atoms with E-state index in [1.165, 1.54) is 18.2 Å². The van der Waals surface area contributed by atoms with Crippen LogP contribution in [0.2, 0.25) is 0 Å². The van der Waals surface area contributed by atoms with E-state index in [1.54, 1.807) is 6.92 Å². The van der Waals surface area contributed by atoms with Crippen molar-refractivity contribution in [1.82, 2.24) is 10.6 Å². The predicted molar refractivity (Wildman–Crippen MR) is 77.7 cm³/mol. The SMILES string of the molecule is CC(O)CNCCNC(=O)c1cc(Br)cc([N+](=O)[O-])c1. The first-order valence-corrected chi connectivity index (χ1v) is 6.81. The standard InChI is InChI=1S/C12H16BrN3O4/c1-8(17)7-14-2-3-15-12(18)9-4-10(13)6-11(5-9)16(19)20/h4-6,8,14,17H,2-3,7H2,1H3,(H,15,18). The molecule has 0 aromatic heterocycles. The number of nitrogens with one attached hydrogen (secondary N) is 2. The second kappa shape index (κ2) is 7.93. The summed E-state index contributed by atoms with van der Waals surface area (Å²) in [5.74, 6) is -0.381. The molecular weight excluding hydrogens is 330 g/mol. The number of benzene rings is 1. The van der Waals surface area contributed by atoms with E-state index < -0.39 is 11.0 Å². The van der Waals surface area contributed by atoms with Crippen LogP contribution in [0, 0.1) is 10.1 Å². The number of nitrogens with zero attached hydrogens (tertiary/aromatic N) is 1. The number of carbonyl (C=O) groups is 1. The summed E-state index contributed by atoms with van der Waals surface area (Å²) in [5, 5.41) is 25.3. The number of aliphatic hydroxyl groups is 1. The predicted octanol–water partition coefficient (Wildman–Crippen LogP) is 1.06. The Bertz CT molecular complexity index is 494. The smallest absolute Gasteiger partial charge is 0.271 e. The molecule has 1 rings (SSSR count). The largest absolute Gasteiger partial charge is 0.392 e. The second-order valence-corrected chi connectivity index (χ2v) is 5.18. The Morgan fingerprint density at radius 2 is 2.15 bits per heavy atom. The fourth-order valence-electron chi connectivity index (χ4n) is 1.49. The molecule has 0 radical (unpaired) electrons. The van der Waals surface area contributed by atoms with Gasteiger partial charge in [-0.15, -0.1) is 0 Å². The summed E-state index contributed by atoms with van der Waals surface area (Å²) in [5.41, 5.74) is 0.0818. The Hall–Kier alpha value is -1.51. The van der Waals surface area contributed by atoms with Gasteiger partial charge in [0.2, 0.25) is 0 Å². The molecule has 1 amide bonds. The minimum Gasteiger partial charge on any atom is -0.392 e. The van der Waals surface area contributed by atoms with Crippen LogP contribution in [-0.2, 0) is 0 Å². The lowest BCUT2D eigenvalue weighted by molar-refractivity contribution is -0.385. The van der Waals surface area contributed by atoms with E-state index in [0.29, 0.717) is 24.1 Å². The van der Waals surface area contributed by atoms with Crippen LogP contribution in [0.3, 0.4) is 0 Å². The molecule has 0 saturated heterocycles. The van der Waals surface area contributed by atoms with Gasteiger partial charge in [-0.05, 0) is 13.0 Å². The fraction of sp³-hybridized carbons (Fsp3) is 0.417. The highest BCUT2D eigenvalue weighted by Crippen LogP contribution is 2.21. The van der Waals surface area contributed by atoms with E-state index in [1.807, 2.05) is 0 Å². The Balaban J connectivity index is 2.53. The summed E-state index contributed by atoms with van der Waals surface area (Å²) in [4.78, 5) is 22.0. The van der Waals surface area contributed by atoms with Gasteiger partial charge in [-0.3, -0.25) is 14.9 Å². The lowest BCUT2D eigenvalue weighted by Crippen LogP contribution is -2.34. The summed E-state index contributed by atoms with van der Waals surface area (Å²) < 4.78 is 0.476. The molecule has 0 fully saturated rings. The number of rotatable bonds is 7. The van der Waals surface area contributed by atoms with Crippen molar-refractivity contribution in [2.75, 3.05) is 19.6 Å². The highest BCUT2D eigenvalue weighted by Gasteiger charge is 2.13. The van der Waals surface area contributed by atoms with Crippen LogP contribution in [0.5, 0.6) is 0 Å². The van der Waals surface area contributed by atoms with Crippen LogP contribution < -0.4 is 10.6 Å². The van der Waals surface area contributed by atoms with E-state index in [-0.39, 0.29) is 17.2 Å². The zero-order valence-corrected chi connectivity index (χ0v) is 12.5. The van der Waals surface area contributed by atoms with Gasteiger partial charge in [0.05, 0.1) is 11.0 Å². The van der Waals surface area contributed by atoms with Crippen LogP contribution >= 0.6 is 15.9 Å². The van der Waals surface area contributed by atoms with E-state index in [9.17, 15) is 14.9 Å². The van der Waals surface area contributed by atoms with Gasteiger partial charge < -0.3 is 15.7 Å². The number of aliphatic hydroxyl groups excluding tert-OH is 1. The van der Waals surface area contributed by atoms with E-state index in [0.717, 1.165) is 0 Å². The monoisotopic (exact) mass is 345 g/mol. The van der Waals surface area contributed by atoms with Crippen molar-refractivity contribution in [3.8, 4) is 0 Å². The average molecular weight is 346 g/mol. The first kappa shape index (κ1) is 16.5. The summed E-state index contributed by atoms with van der Waals surface area (Å²) in [6.45, 7) is 2.98. The normalized spacial score (nSPS) is 11.9. The molecule has 3 N–H and O–H groups in total. The molecule has 0 heterocycles. The molecule has 110 valence electrons. The number of nitro groups is 1. The summed E-state index contributed by atoms with van der Waals surface area (Å²) in [6, 6.07) is 4.08. The van der Waals surface area contributed by atoms with Crippen molar-refractivity contribution in [3.05, 3.63) is 38.3 Å². The summed E-state index contributed by atoms with van der Waals surface area (Å²) >= 11 is 3.13. The molecule has 0 bridgehead atoms. The molecule has 1 unspecified atom stereocenters. The maximum absolute atomic E-state index is 11.8. The number of carbonyl (C=O) groups excluding carboxylic acids is 1. The minimum absolute atomic E-state index is 0.142. The third-order valence-corrected chi connectivity index (χ3v) is 2.84. The van der Waals surface area contributed by atoms with E-state index >= 15 is 0 Å². The quantitative estimate of drug-likeness (QED) is 0.389. The van der Waals surface area contributed by atoms with Gasteiger partial charge in [0, 0.05) is 41.8 Å². The lowest BCUT2D eigenvalue weighted by atomic mass is 10.2. The third kappa shape index (κ3) is 5.64. The van der Waals surface area contributed by atoms with Gasteiger partial charge in [0.1, 0.15) is 0 Å². The molecular formula is C12H16BrN3O4. The highest BCUT2D eigenvalue weighted by molar-refractivity contribution is 9.10. The molecule has 7 nitrogen and oxygen atoms in total. The van der Waals surface area contributed by atoms with Crippen LogP contribution in [0.1, 0.15) is 17.3 Å². The van der Waals surface area contributed by atoms with Crippen LogP contribution in [-0.4, -0.2) is 41.7 Å². The van der Waals surface area contributed by atoms with Crippen molar-refractivity contribution < 1.29 is 14.8 Å². The Morgan fingerprint density at radius 3 is 2.75 bits per heavy atom. The zero-order valence-electron chi connectivity index (χ0n) is 10.9. The molecule has 20 heavy (non-hydrogen) atoms. The lowest BCUT2D eigenvalue weighted by Gasteiger charge is -2.08. The van der Waals surface area contributed by atoms with Crippen molar-refractivity contribution in [2.45, 2.75) is 13.0 Å². The summed E-state index contributed by atoms with van der Waals surface area (Å²) in [6.07, 6.45) is -0.446. The van der Waals surface area contributed by atoms with Gasteiger partial charge >= 0.3 is 0 Å². The number of hydrogen-bond donors (Lipinski definition) is 3. The summed E-state index contributed by atoms with van der Waals surface area (Å²) in [7, 11) is 0. The van der Waals surface area contributed by atoms with Crippen molar-refractivity contribution in [1.29, 1.82) is 0 Å². The number of halogens is 1. The van der Waals surface area contributed by atoms with Crippen LogP contribution in [0.15, 0.2) is 22.7 Å². The Morgan fingerprint density at radius 1 is 1.45 bits per heavy atom. The maximum atomic E-state index is 11.8. The molecule has 1 atom stereocenters. The van der Waals surface area contributed by atoms with Crippen molar-refractivity contribution in [2.24, 2.45) is 0 Å². The molecule has 1 aromatic carbocycles. The molecule has 1 aromatic rings. The van der Waals surface area contributed by atoms with E-state index in [2.05, 4.69) is 26.6 Å². The molecule has 0 aliphatic heterocycles. The molecule has 0 spiro atoms. The van der Waals surface area contributed by atoms with Gasteiger partial charge in [0.15, 0.2) is 0 Å². The molecule has 8 heteroatoms. The van der Waals surface area contributed by atoms with Crippen molar-refractivity contribution >= 4 is 27.5 Å². The van der Waals surface area contributed by atoms with Crippen LogP contribution in [0.25, 0.3) is 0 Å². The molecule has 0 saturated carbocycles. The number of hydrogen-bond acceptors (Lipinski definition) is 5. The molecule has 0 aliphatic carbocycles. The average Bonchev–Trinajstić information content (AvgIpc) is 2.36. The topological polar surface area (TPSA) is 104 Å². The van der Waals surface area contributed by atoms with Gasteiger partial charge in [0.25, 0.3) is 11.6 Å². The maximum Gasteiger partial charge on any atom is 0.271 e. The minimum atomic E-state index is -0.550. The number of non-ortho nitro benzene ring substituents is 1. The van der Waals surface area contributed by atoms with Gasteiger partial charge in [-0.1, -0.05) is 15.9 Å². The first-order chi connectivity index (χ1) is 9.40. The third-order valence-electron chi connectivity index (χ3n) is 2.38.